The fourth-order valence-electron chi connectivity index (χ4n) is 3.50. The number of halogens is 1. The van der Waals surface area contributed by atoms with E-state index < -0.39 is 6.17 Å². The number of alkyl halides is 1. The van der Waals surface area contributed by atoms with E-state index in [2.05, 4.69) is 22.3 Å². The zero-order valence-corrected chi connectivity index (χ0v) is 13.4. The second-order valence-corrected chi connectivity index (χ2v) is 6.42. The fraction of sp³-hybridized carbons (Fsp3) is 0.588. The van der Waals surface area contributed by atoms with Gasteiger partial charge in [0.1, 0.15) is 6.17 Å². The summed E-state index contributed by atoms with van der Waals surface area (Å²) in [7, 11) is 1.82. The molecule has 0 aromatic carbocycles. The molecule has 1 aromatic heterocycles. The first-order chi connectivity index (χ1) is 11.1. The normalized spacial score (nSPS) is 27.2. The van der Waals surface area contributed by atoms with E-state index in [-0.39, 0.29) is 17.9 Å². The number of allylic oxidation sites excluding steroid dienone is 2. The van der Waals surface area contributed by atoms with Crippen molar-refractivity contribution < 1.29 is 9.18 Å². The Kier molecular flexibility index (Phi) is 4.88. The number of likely N-dealkylation sites (N-methyl/N-ethyl adjacent to an activating group) is 1. The molecule has 0 N–H and O–H groups in total. The molecule has 0 saturated carbocycles. The number of anilines is 1. The lowest BCUT2D eigenvalue weighted by molar-refractivity contribution is -0.134. The number of carbonyl (C=O) groups is 1. The van der Waals surface area contributed by atoms with E-state index in [0.717, 1.165) is 19.3 Å². The van der Waals surface area contributed by atoms with Crippen molar-refractivity contribution >= 4 is 11.7 Å². The maximum atomic E-state index is 13.9. The molecule has 124 valence electrons. The highest BCUT2D eigenvalue weighted by Gasteiger charge is 2.35. The molecule has 1 aromatic rings. The van der Waals surface area contributed by atoms with Crippen molar-refractivity contribution in [3.63, 3.8) is 0 Å². The molecule has 1 saturated heterocycles. The van der Waals surface area contributed by atoms with Gasteiger partial charge in [-0.1, -0.05) is 12.2 Å². The van der Waals surface area contributed by atoms with E-state index in [1.165, 1.54) is 0 Å². The summed E-state index contributed by atoms with van der Waals surface area (Å²) >= 11 is 0. The third-order valence-electron chi connectivity index (χ3n) is 4.70. The summed E-state index contributed by atoms with van der Waals surface area (Å²) < 4.78 is 13.9. The van der Waals surface area contributed by atoms with Crippen LogP contribution in [0.1, 0.15) is 25.7 Å². The Balaban J connectivity index is 1.65. The van der Waals surface area contributed by atoms with Crippen molar-refractivity contribution in [3.8, 4) is 0 Å². The largest absolute Gasteiger partial charge is 0.347 e. The van der Waals surface area contributed by atoms with Crippen LogP contribution in [-0.2, 0) is 4.79 Å². The molecule has 0 spiro atoms. The molecular weight excluding hydrogens is 295 g/mol. The molecule has 1 aliphatic carbocycles. The van der Waals surface area contributed by atoms with Crippen LogP contribution in [0.4, 0.5) is 10.2 Å². The van der Waals surface area contributed by atoms with Crippen LogP contribution in [0.3, 0.4) is 0 Å². The molecule has 1 amide bonds. The van der Waals surface area contributed by atoms with Gasteiger partial charge in [0.25, 0.3) is 0 Å². The van der Waals surface area contributed by atoms with Gasteiger partial charge < -0.3 is 9.80 Å². The lowest BCUT2D eigenvalue weighted by Crippen LogP contribution is -2.43. The maximum Gasteiger partial charge on any atom is 0.225 e. The third-order valence-corrected chi connectivity index (χ3v) is 4.70. The molecule has 23 heavy (non-hydrogen) atoms. The van der Waals surface area contributed by atoms with Gasteiger partial charge in [-0.05, 0) is 31.4 Å². The topological polar surface area (TPSA) is 49.3 Å². The number of aromatic nitrogens is 2. The average molecular weight is 318 g/mol. The Morgan fingerprint density at radius 1 is 1.48 bits per heavy atom. The van der Waals surface area contributed by atoms with E-state index in [1.54, 1.807) is 17.2 Å². The number of hydrogen-bond acceptors (Lipinski definition) is 4. The average Bonchev–Trinajstić information content (AvgIpc) is 2.96. The smallest absolute Gasteiger partial charge is 0.225 e. The van der Waals surface area contributed by atoms with Crippen molar-refractivity contribution in [2.24, 2.45) is 5.92 Å². The van der Waals surface area contributed by atoms with Crippen LogP contribution >= 0.6 is 0 Å². The molecule has 3 atom stereocenters. The Hall–Kier alpha value is -1.98. The zero-order chi connectivity index (χ0) is 16.2. The number of amides is 1. The second kappa shape index (κ2) is 7.06. The van der Waals surface area contributed by atoms with Crippen LogP contribution in [0.5, 0.6) is 0 Å². The Morgan fingerprint density at radius 2 is 2.35 bits per heavy atom. The Labute approximate surface area is 136 Å². The summed E-state index contributed by atoms with van der Waals surface area (Å²) in [5.74, 6) is 0.910. The van der Waals surface area contributed by atoms with Crippen molar-refractivity contribution in [3.05, 3.63) is 30.5 Å². The minimum Gasteiger partial charge on any atom is -0.347 e. The molecule has 0 bridgehead atoms. The number of carbonyl (C=O) groups excluding carboxylic acids is 1. The first-order valence-electron chi connectivity index (χ1n) is 8.23. The lowest BCUT2D eigenvalue weighted by Gasteiger charge is -2.31. The van der Waals surface area contributed by atoms with Gasteiger partial charge in [-0.15, -0.1) is 5.10 Å². The first-order valence-corrected chi connectivity index (χ1v) is 8.23. The molecule has 2 aliphatic rings. The molecular formula is C17H23FN4O. The predicted molar refractivity (Wildman–Crippen MR) is 86.8 cm³/mol. The van der Waals surface area contributed by atoms with Crippen molar-refractivity contribution in [2.75, 3.05) is 25.0 Å². The Bertz CT molecular complexity index is 565. The molecule has 1 fully saturated rings. The molecule has 0 unspecified atom stereocenters. The summed E-state index contributed by atoms with van der Waals surface area (Å²) in [6.45, 7) is 0.841. The van der Waals surface area contributed by atoms with Crippen LogP contribution in [0, 0.1) is 5.92 Å². The summed E-state index contributed by atoms with van der Waals surface area (Å²) in [5, 5.41) is 7.96. The van der Waals surface area contributed by atoms with E-state index in [0.29, 0.717) is 25.3 Å². The van der Waals surface area contributed by atoms with Crippen molar-refractivity contribution in [1.82, 2.24) is 15.1 Å². The van der Waals surface area contributed by atoms with Crippen molar-refractivity contribution in [2.45, 2.75) is 37.9 Å². The summed E-state index contributed by atoms with van der Waals surface area (Å²) in [4.78, 5) is 16.3. The van der Waals surface area contributed by atoms with Gasteiger partial charge in [-0.2, -0.15) is 5.10 Å². The molecule has 6 heteroatoms. The molecule has 3 rings (SSSR count). The minimum atomic E-state index is -0.886. The molecule has 1 aliphatic heterocycles. The second-order valence-electron chi connectivity index (χ2n) is 6.42. The van der Waals surface area contributed by atoms with E-state index >= 15 is 0 Å². The summed E-state index contributed by atoms with van der Waals surface area (Å²) in [6, 6.07) is 3.59. The predicted octanol–water partition coefficient (Wildman–Crippen LogP) is 2.21. The first kappa shape index (κ1) is 15.9. The molecule has 2 heterocycles. The minimum absolute atomic E-state index is 0.0465. The summed E-state index contributed by atoms with van der Waals surface area (Å²) in [5.41, 5.74) is 0. The van der Waals surface area contributed by atoms with Gasteiger partial charge in [-0.3, -0.25) is 4.79 Å². The maximum absolute atomic E-state index is 13.9. The fourth-order valence-corrected chi connectivity index (χ4v) is 3.50. The van der Waals surface area contributed by atoms with Gasteiger partial charge in [0.15, 0.2) is 5.82 Å². The van der Waals surface area contributed by atoms with Crippen LogP contribution < -0.4 is 4.90 Å². The van der Waals surface area contributed by atoms with E-state index in [1.807, 2.05) is 18.0 Å². The van der Waals surface area contributed by atoms with Gasteiger partial charge in [0.2, 0.25) is 5.91 Å². The van der Waals surface area contributed by atoms with Gasteiger partial charge in [-0.25, -0.2) is 4.39 Å². The van der Waals surface area contributed by atoms with Crippen LogP contribution in [0.2, 0.25) is 0 Å². The van der Waals surface area contributed by atoms with Gasteiger partial charge in [0, 0.05) is 32.1 Å². The highest BCUT2D eigenvalue weighted by Crippen LogP contribution is 2.27. The van der Waals surface area contributed by atoms with E-state index in [4.69, 9.17) is 0 Å². The highest BCUT2D eigenvalue weighted by atomic mass is 19.1. The highest BCUT2D eigenvalue weighted by molar-refractivity contribution is 5.79. The lowest BCUT2D eigenvalue weighted by atomic mass is 9.93. The SMILES string of the molecule is CN(C[C@@H]1C[C@H](F)CN1c1cccnn1)C(=O)[C@H]1CC=CCC1. The standard InChI is InChI=1S/C17H23FN4O/c1-21(17(23)13-6-3-2-4-7-13)12-15-10-14(18)11-22(15)16-8-5-9-19-20-16/h2-3,5,8-9,13-15H,4,6-7,10-12H2,1H3/t13-,14-,15-/m0/s1. The zero-order valence-electron chi connectivity index (χ0n) is 13.4. The third kappa shape index (κ3) is 3.68. The molecule has 5 nitrogen and oxygen atoms in total. The van der Waals surface area contributed by atoms with Crippen molar-refractivity contribution in [1.29, 1.82) is 0 Å². The van der Waals surface area contributed by atoms with E-state index in [9.17, 15) is 9.18 Å². The number of nitrogens with zero attached hydrogens (tertiary/aromatic N) is 4. The number of hydrogen-bond donors (Lipinski definition) is 0. The van der Waals surface area contributed by atoms with Crippen LogP contribution in [-0.4, -0.2) is 53.4 Å². The van der Waals surface area contributed by atoms with Crippen LogP contribution in [0.25, 0.3) is 0 Å². The summed E-state index contributed by atoms with van der Waals surface area (Å²) in [6.07, 6.45) is 8.04. The quantitative estimate of drug-likeness (QED) is 0.799. The monoisotopic (exact) mass is 318 g/mol. The number of rotatable bonds is 4. The molecule has 0 radical (unpaired) electrons. The Morgan fingerprint density at radius 3 is 3.04 bits per heavy atom. The van der Waals surface area contributed by atoms with Crippen LogP contribution in [0.15, 0.2) is 30.5 Å². The van der Waals surface area contributed by atoms with Gasteiger partial charge in [0.05, 0.1) is 12.6 Å². The van der Waals surface area contributed by atoms with Gasteiger partial charge >= 0.3 is 0 Å².